The molecule has 7 heteroatoms. The highest BCUT2D eigenvalue weighted by Gasteiger charge is 2.10. The van der Waals surface area contributed by atoms with Crippen LogP contribution < -0.4 is 10.6 Å². The molecule has 0 aliphatic carbocycles. The number of aromatic nitrogens is 4. The van der Waals surface area contributed by atoms with Crippen LogP contribution in [0.25, 0.3) is 0 Å². The minimum absolute atomic E-state index is 0.194. The van der Waals surface area contributed by atoms with Crippen molar-refractivity contribution in [1.82, 2.24) is 20.2 Å². The van der Waals surface area contributed by atoms with Crippen molar-refractivity contribution in [1.29, 1.82) is 0 Å². The summed E-state index contributed by atoms with van der Waals surface area (Å²) in [5, 5.41) is 13.4. The second-order valence-corrected chi connectivity index (χ2v) is 4.22. The normalized spacial score (nSPS) is 10.2. The van der Waals surface area contributed by atoms with E-state index in [-0.39, 0.29) is 11.9 Å². The number of carbonyl (C=O) groups is 1. The summed E-state index contributed by atoms with van der Waals surface area (Å²) in [5.74, 6) is 0.552. The third-order valence-corrected chi connectivity index (χ3v) is 2.70. The number of nitrogens with one attached hydrogen (secondary N) is 2. The fraction of sp³-hybridized carbons (Fsp3) is 0.308. The van der Waals surface area contributed by atoms with E-state index in [0.29, 0.717) is 11.4 Å². The van der Waals surface area contributed by atoms with Crippen LogP contribution in [0.5, 0.6) is 0 Å². The summed E-state index contributed by atoms with van der Waals surface area (Å²) in [6.07, 6.45) is 1.58. The van der Waals surface area contributed by atoms with Gasteiger partial charge in [-0.25, -0.2) is 9.97 Å². The number of anilines is 2. The van der Waals surface area contributed by atoms with Crippen LogP contribution in [0.4, 0.5) is 11.8 Å². The van der Waals surface area contributed by atoms with Crippen molar-refractivity contribution in [3.63, 3.8) is 0 Å². The molecule has 2 rings (SSSR count). The van der Waals surface area contributed by atoms with Crippen molar-refractivity contribution < 1.29 is 4.79 Å². The van der Waals surface area contributed by atoms with Gasteiger partial charge in [0.2, 0.25) is 5.95 Å². The Morgan fingerprint density at radius 1 is 1.25 bits per heavy atom. The van der Waals surface area contributed by atoms with E-state index in [1.54, 1.807) is 18.3 Å². The zero-order chi connectivity index (χ0) is 14.5. The molecule has 0 saturated heterocycles. The molecule has 0 aromatic carbocycles. The fourth-order valence-electron chi connectivity index (χ4n) is 1.53. The molecule has 0 unspecified atom stereocenters. The third-order valence-electron chi connectivity index (χ3n) is 2.70. The quantitative estimate of drug-likeness (QED) is 0.877. The molecule has 0 aliphatic rings. The highest BCUT2D eigenvalue weighted by atomic mass is 16.1. The maximum atomic E-state index is 12.1. The Morgan fingerprint density at radius 3 is 2.75 bits per heavy atom. The molecule has 0 bridgehead atoms. The van der Waals surface area contributed by atoms with Crippen LogP contribution in [0, 0.1) is 13.8 Å². The number of hydrogen-bond acceptors (Lipinski definition) is 6. The molecular formula is C13H16N6O. The Labute approximate surface area is 116 Å². The molecule has 7 nitrogen and oxygen atoms in total. The number of pyridine rings is 1. The molecule has 2 N–H and O–H groups in total. The average molecular weight is 272 g/mol. The van der Waals surface area contributed by atoms with Gasteiger partial charge in [0.05, 0.1) is 11.4 Å². The molecule has 0 atom stereocenters. The molecule has 0 spiro atoms. The Kier molecular flexibility index (Phi) is 4.19. The Bertz CT molecular complexity index is 628. The van der Waals surface area contributed by atoms with Crippen LogP contribution in [-0.4, -0.2) is 32.6 Å². The van der Waals surface area contributed by atoms with Gasteiger partial charge in [-0.2, -0.15) is 5.10 Å². The number of amides is 1. The fourth-order valence-corrected chi connectivity index (χ4v) is 1.53. The summed E-state index contributed by atoms with van der Waals surface area (Å²) in [6.45, 7) is 6.33. The van der Waals surface area contributed by atoms with Gasteiger partial charge in [0, 0.05) is 18.3 Å². The molecular weight excluding hydrogens is 256 g/mol. The third kappa shape index (κ3) is 3.25. The van der Waals surface area contributed by atoms with E-state index >= 15 is 0 Å². The van der Waals surface area contributed by atoms with Crippen LogP contribution in [-0.2, 0) is 0 Å². The van der Waals surface area contributed by atoms with Crippen molar-refractivity contribution in [3.8, 4) is 0 Å². The van der Waals surface area contributed by atoms with Gasteiger partial charge in [-0.3, -0.25) is 10.1 Å². The van der Waals surface area contributed by atoms with Crippen LogP contribution in [0.15, 0.2) is 18.3 Å². The van der Waals surface area contributed by atoms with E-state index in [1.165, 1.54) is 0 Å². The lowest BCUT2D eigenvalue weighted by atomic mass is 10.2. The molecule has 0 fully saturated rings. The predicted molar refractivity (Wildman–Crippen MR) is 75.7 cm³/mol. The topological polar surface area (TPSA) is 92.7 Å². The predicted octanol–water partition coefficient (Wildman–Crippen LogP) is 1.57. The van der Waals surface area contributed by atoms with E-state index in [9.17, 15) is 4.79 Å². The summed E-state index contributed by atoms with van der Waals surface area (Å²) in [7, 11) is 0. The van der Waals surface area contributed by atoms with Gasteiger partial charge in [-0.05, 0) is 32.9 Å². The lowest BCUT2D eigenvalue weighted by Gasteiger charge is -2.06. The van der Waals surface area contributed by atoms with Gasteiger partial charge >= 0.3 is 0 Å². The Morgan fingerprint density at radius 2 is 2.05 bits per heavy atom. The molecule has 0 radical (unpaired) electrons. The first-order valence-electron chi connectivity index (χ1n) is 6.29. The van der Waals surface area contributed by atoms with Crippen molar-refractivity contribution in [2.24, 2.45) is 0 Å². The molecule has 1 amide bonds. The smallest absolute Gasteiger partial charge is 0.258 e. The number of nitrogens with zero attached hydrogens (tertiary/aromatic N) is 4. The molecule has 20 heavy (non-hydrogen) atoms. The SMILES string of the molecule is CCNc1cc(C(=O)Nc2nnc(C)c(C)n2)ccn1. The van der Waals surface area contributed by atoms with Crippen molar-refractivity contribution >= 4 is 17.7 Å². The first-order chi connectivity index (χ1) is 9.60. The average Bonchev–Trinajstić information content (AvgIpc) is 2.43. The largest absolute Gasteiger partial charge is 0.370 e. The summed E-state index contributed by atoms with van der Waals surface area (Å²) in [4.78, 5) is 20.4. The Hall–Kier alpha value is -2.57. The van der Waals surface area contributed by atoms with E-state index < -0.39 is 0 Å². The summed E-state index contributed by atoms with van der Waals surface area (Å²) in [5.41, 5.74) is 1.96. The molecule has 0 saturated carbocycles. The van der Waals surface area contributed by atoms with Gasteiger partial charge in [0.25, 0.3) is 5.91 Å². The van der Waals surface area contributed by atoms with Crippen LogP contribution in [0.1, 0.15) is 28.7 Å². The van der Waals surface area contributed by atoms with E-state index in [0.717, 1.165) is 17.9 Å². The lowest BCUT2D eigenvalue weighted by Crippen LogP contribution is -2.16. The second kappa shape index (κ2) is 6.05. The second-order valence-electron chi connectivity index (χ2n) is 4.22. The van der Waals surface area contributed by atoms with Gasteiger partial charge in [0.1, 0.15) is 5.82 Å². The molecule has 2 heterocycles. The standard InChI is InChI=1S/C13H16N6O/c1-4-14-11-7-10(5-6-15-11)12(20)17-13-16-8(2)9(3)18-19-13/h5-7H,4H2,1-3H3,(H,14,15)(H,16,17,19,20). The number of aryl methyl sites for hydroxylation is 2. The maximum Gasteiger partial charge on any atom is 0.258 e. The zero-order valence-electron chi connectivity index (χ0n) is 11.6. The van der Waals surface area contributed by atoms with Gasteiger partial charge < -0.3 is 5.32 Å². The van der Waals surface area contributed by atoms with Crippen LogP contribution in [0.3, 0.4) is 0 Å². The highest BCUT2D eigenvalue weighted by Crippen LogP contribution is 2.09. The number of carbonyl (C=O) groups excluding carboxylic acids is 1. The maximum absolute atomic E-state index is 12.1. The number of rotatable bonds is 4. The minimum atomic E-state index is -0.295. The first kappa shape index (κ1) is 13.9. The van der Waals surface area contributed by atoms with Crippen LogP contribution in [0.2, 0.25) is 0 Å². The monoisotopic (exact) mass is 272 g/mol. The highest BCUT2D eigenvalue weighted by molar-refractivity contribution is 6.03. The summed E-state index contributed by atoms with van der Waals surface area (Å²) in [6, 6.07) is 3.30. The van der Waals surface area contributed by atoms with Crippen molar-refractivity contribution in [2.75, 3.05) is 17.2 Å². The number of hydrogen-bond donors (Lipinski definition) is 2. The van der Waals surface area contributed by atoms with Gasteiger partial charge in [-0.1, -0.05) is 0 Å². The molecule has 104 valence electrons. The first-order valence-corrected chi connectivity index (χ1v) is 6.29. The summed E-state index contributed by atoms with van der Waals surface area (Å²) >= 11 is 0. The lowest BCUT2D eigenvalue weighted by molar-refractivity contribution is 0.102. The van der Waals surface area contributed by atoms with E-state index in [2.05, 4.69) is 30.8 Å². The molecule has 2 aromatic rings. The van der Waals surface area contributed by atoms with Gasteiger partial charge in [-0.15, -0.1) is 5.10 Å². The Balaban J connectivity index is 2.15. The van der Waals surface area contributed by atoms with Crippen molar-refractivity contribution in [2.45, 2.75) is 20.8 Å². The van der Waals surface area contributed by atoms with Crippen molar-refractivity contribution in [3.05, 3.63) is 35.3 Å². The van der Waals surface area contributed by atoms with E-state index in [4.69, 9.17) is 0 Å². The zero-order valence-corrected chi connectivity index (χ0v) is 11.6. The van der Waals surface area contributed by atoms with Gasteiger partial charge in [0.15, 0.2) is 0 Å². The van der Waals surface area contributed by atoms with E-state index in [1.807, 2.05) is 20.8 Å². The molecule has 0 aliphatic heterocycles. The summed E-state index contributed by atoms with van der Waals surface area (Å²) < 4.78 is 0. The molecule has 2 aromatic heterocycles. The van der Waals surface area contributed by atoms with Crippen LogP contribution >= 0.6 is 0 Å². The minimum Gasteiger partial charge on any atom is -0.370 e.